The number of rotatable bonds is 5. The van der Waals surface area contributed by atoms with Crippen molar-refractivity contribution in [3.63, 3.8) is 0 Å². The molecule has 2 nitrogen and oxygen atoms in total. The number of hydrogen-bond donors (Lipinski definition) is 1. The lowest BCUT2D eigenvalue weighted by molar-refractivity contribution is 0.178. The summed E-state index contributed by atoms with van der Waals surface area (Å²) in [4.78, 5) is 4.03. The Labute approximate surface area is 123 Å². The highest BCUT2D eigenvalue weighted by molar-refractivity contribution is 9.10. The SMILES string of the molecule is CC(C)N(Cc1cc(Br)cs1)CC1CCCCN1. The van der Waals surface area contributed by atoms with Crippen LogP contribution in [-0.2, 0) is 6.54 Å². The maximum Gasteiger partial charge on any atom is 0.0331 e. The van der Waals surface area contributed by atoms with Gasteiger partial charge in [-0.25, -0.2) is 0 Å². The molecule has 1 N–H and O–H groups in total. The first kappa shape index (κ1) is 14.5. The normalized spacial score (nSPS) is 20.8. The van der Waals surface area contributed by atoms with Gasteiger partial charge in [0.15, 0.2) is 0 Å². The minimum atomic E-state index is 0.606. The molecule has 18 heavy (non-hydrogen) atoms. The van der Waals surface area contributed by atoms with E-state index in [4.69, 9.17) is 0 Å². The van der Waals surface area contributed by atoms with E-state index in [0.29, 0.717) is 12.1 Å². The second-order valence-corrected chi connectivity index (χ2v) is 7.31. The fraction of sp³-hybridized carbons (Fsp3) is 0.714. The molecule has 2 heterocycles. The summed E-state index contributed by atoms with van der Waals surface area (Å²) in [6.07, 6.45) is 4.06. The van der Waals surface area contributed by atoms with Gasteiger partial charge in [0.05, 0.1) is 0 Å². The van der Waals surface area contributed by atoms with Crippen LogP contribution < -0.4 is 5.32 Å². The van der Waals surface area contributed by atoms with Crippen LogP contribution in [-0.4, -0.2) is 30.1 Å². The molecular weight excluding hydrogens is 308 g/mol. The van der Waals surface area contributed by atoms with Crippen LogP contribution in [0.5, 0.6) is 0 Å². The lowest BCUT2D eigenvalue weighted by Gasteiger charge is -2.32. The third-order valence-corrected chi connectivity index (χ3v) is 5.26. The van der Waals surface area contributed by atoms with E-state index in [0.717, 1.165) is 6.54 Å². The van der Waals surface area contributed by atoms with Gasteiger partial charge < -0.3 is 5.32 Å². The minimum Gasteiger partial charge on any atom is -0.313 e. The molecule has 1 atom stereocenters. The Morgan fingerprint density at radius 2 is 2.33 bits per heavy atom. The lowest BCUT2D eigenvalue weighted by Crippen LogP contribution is -2.45. The molecule has 1 aliphatic rings. The Kier molecular flexibility index (Phi) is 5.67. The van der Waals surface area contributed by atoms with E-state index >= 15 is 0 Å². The van der Waals surface area contributed by atoms with E-state index in [2.05, 4.69) is 51.4 Å². The molecule has 2 rings (SSSR count). The second kappa shape index (κ2) is 7.04. The summed E-state index contributed by atoms with van der Waals surface area (Å²) in [7, 11) is 0. The maximum absolute atomic E-state index is 3.65. The molecule has 4 heteroatoms. The predicted octanol–water partition coefficient (Wildman–Crippen LogP) is 3.86. The van der Waals surface area contributed by atoms with Gasteiger partial charge in [-0.1, -0.05) is 6.42 Å². The van der Waals surface area contributed by atoms with Crippen LogP contribution in [0, 0.1) is 0 Å². The molecule has 0 aliphatic carbocycles. The number of nitrogens with zero attached hydrogens (tertiary/aromatic N) is 1. The average Bonchev–Trinajstić information content (AvgIpc) is 2.75. The van der Waals surface area contributed by atoms with Gasteiger partial charge >= 0.3 is 0 Å². The van der Waals surface area contributed by atoms with E-state index < -0.39 is 0 Å². The Bertz CT molecular complexity index is 358. The quantitative estimate of drug-likeness (QED) is 0.881. The summed E-state index contributed by atoms with van der Waals surface area (Å²) in [5, 5.41) is 5.82. The predicted molar refractivity (Wildman–Crippen MR) is 83.2 cm³/mol. The van der Waals surface area contributed by atoms with Gasteiger partial charge in [0.1, 0.15) is 0 Å². The highest BCUT2D eigenvalue weighted by Crippen LogP contribution is 2.22. The summed E-state index contributed by atoms with van der Waals surface area (Å²) in [5.41, 5.74) is 0. The van der Waals surface area contributed by atoms with Crippen LogP contribution in [0.1, 0.15) is 38.0 Å². The van der Waals surface area contributed by atoms with E-state index in [9.17, 15) is 0 Å². The van der Waals surface area contributed by atoms with Crippen molar-refractivity contribution in [1.29, 1.82) is 0 Å². The summed E-state index contributed by atoms with van der Waals surface area (Å²) < 4.78 is 1.21. The van der Waals surface area contributed by atoms with E-state index in [1.54, 1.807) is 0 Å². The number of thiophene rings is 1. The monoisotopic (exact) mass is 330 g/mol. The molecular formula is C14H23BrN2S. The molecule has 1 aliphatic heterocycles. The van der Waals surface area contributed by atoms with Crippen molar-refractivity contribution in [2.45, 2.75) is 51.7 Å². The van der Waals surface area contributed by atoms with Crippen LogP contribution in [0.4, 0.5) is 0 Å². The van der Waals surface area contributed by atoms with Gasteiger partial charge in [-0.2, -0.15) is 0 Å². The molecule has 1 aromatic rings. The fourth-order valence-corrected chi connectivity index (χ4v) is 3.93. The largest absolute Gasteiger partial charge is 0.313 e. The third-order valence-electron chi connectivity index (χ3n) is 3.58. The molecule has 102 valence electrons. The Morgan fingerprint density at radius 3 is 2.89 bits per heavy atom. The number of halogens is 1. The van der Waals surface area contributed by atoms with Crippen molar-refractivity contribution < 1.29 is 0 Å². The van der Waals surface area contributed by atoms with Crippen molar-refractivity contribution in [2.75, 3.05) is 13.1 Å². The average molecular weight is 331 g/mol. The smallest absolute Gasteiger partial charge is 0.0331 e. The zero-order valence-corrected chi connectivity index (χ0v) is 13.7. The van der Waals surface area contributed by atoms with Crippen molar-refractivity contribution in [1.82, 2.24) is 10.2 Å². The van der Waals surface area contributed by atoms with E-state index in [1.807, 2.05) is 11.3 Å². The lowest BCUT2D eigenvalue weighted by atomic mass is 10.0. The number of piperidine rings is 1. The van der Waals surface area contributed by atoms with E-state index in [-0.39, 0.29) is 0 Å². The first-order valence-corrected chi connectivity index (χ1v) is 8.53. The molecule has 0 radical (unpaired) electrons. The third kappa shape index (κ3) is 4.34. The highest BCUT2D eigenvalue weighted by atomic mass is 79.9. The van der Waals surface area contributed by atoms with Crippen LogP contribution in [0.2, 0.25) is 0 Å². The van der Waals surface area contributed by atoms with Gasteiger partial charge in [-0.15, -0.1) is 11.3 Å². The molecule has 0 aromatic carbocycles. The summed E-state index contributed by atoms with van der Waals surface area (Å²) >= 11 is 5.39. The second-order valence-electron chi connectivity index (χ2n) is 5.40. The van der Waals surface area contributed by atoms with E-state index in [1.165, 1.54) is 41.7 Å². The van der Waals surface area contributed by atoms with Crippen LogP contribution >= 0.6 is 27.3 Å². The Morgan fingerprint density at radius 1 is 1.50 bits per heavy atom. The fourth-order valence-electron chi connectivity index (χ4n) is 2.46. The highest BCUT2D eigenvalue weighted by Gasteiger charge is 2.19. The molecule has 0 amide bonds. The molecule has 1 fully saturated rings. The topological polar surface area (TPSA) is 15.3 Å². The van der Waals surface area contributed by atoms with Crippen LogP contribution in [0.15, 0.2) is 15.9 Å². The van der Waals surface area contributed by atoms with Gasteiger partial charge in [0.25, 0.3) is 0 Å². The van der Waals surface area contributed by atoms with Crippen molar-refractivity contribution >= 4 is 27.3 Å². The summed E-state index contributed by atoms with van der Waals surface area (Å²) in [6, 6.07) is 3.54. The molecule has 1 saturated heterocycles. The Balaban J connectivity index is 1.90. The zero-order valence-electron chi connectivity index (χ0n) is 11.3. The number of hydrogen-bond acceptors (Lipinski definition) is 3. The van der Waals surface area contributed by atoms with Crippen molar-refractivity contribution in [3.05, 3.63) is 20.8 Å². The first-order chi connectivity index (χ1) is 8.65. The molecule has 0 bridgehead atoms. The molecule has 1 aromatic heterocycles. The summed E-state index contributed by atoms with van der Waals surface area (Å²) in [5.74, 6) is 0. The maximum atomic E-state index is 3.65. The van der Waals surface area contributed by atoms with Gasteiger partial charge in [0, 0.05) is 39.9 Å². The van der Waals surface area contributed by atoms with Crippen LogP contribution in [0.25, 0.3) is 0 Å². The standard InChI is InChI=1S/C14H23BrN2S/c1-11(2)17(8-13-5-3-4-6-16-13)9-14-7-12(15)10-18-14/h7,10-11,13,16H,3-6,8-9H2,1-2H3. The molecule has 0 spiro atoms. The van der Waals surface area contributed by atoms with Gasteiger partial charge in [-0.3, -0.25) is 4.90 Å². The van der Waals surface area contributed by atoms with Crippen LogP contribution in [0.3, 0.4) is 0 Å². The van der Waals surface area contributed by atoms with Crippen molar-refractivity contribution in [3.8, 4) is 0 Å². The molecule has 1 unspecified atom stereocenters. The molecule has 0 saturated carbocycles. The van der Waals surface area contributed by atoms with Gasteiger partial charge in [0.2, 0.25) is 0 Å². The minimum absolute atomic E-state index is 0.606. The van der Waals surface area contributed by atoms with Crippen molar-refractivity contribution in [2.24, 2.45) is 0 Å². The number of nitrogens with one attached hydrogen (secondary N) is 1. The zero-order chi connectivity index (χ0) is 13.0. The summed E-state index contributed by atoms with van der Waals surface area (Å²) in [6.45, 7) is 8.04. The first-order valence-electron chi connectivity index (χ1n) is 6.85. The van der Waals surface area contributed by atoms with Gasteiger partial charge in [-0.05, 0) is 55.2 Å². The Hall–Kier alpha value is 0.1000.